The van der Waals surface area contributed by atoms with Gasteiger partial charge < -0.3 is 9.64 Å². The summed E-state index contributed by atoms with van der Waals surface area (Å²) in [5, 5.41) is 0. The minimum atomic E-state index is -0.622. The van der Waals surface area contributed by atoms with E-state index in [9.17, 15) is 14.4 Å². The molecular formula is C12H11N3O4. The van der Waals surface area contributed by atoms with Crippen LogP contribution in [0.3, 0.4) is 0 Å². The zero-order valence-corrected chi connectivity index (χ0v) is 9.98. The minimum absolute atomic E-state index is 0.149. The third-order valence-corrected chi connectivity index (χ3v) is 3.21. The van der Waals surface area contributed by atoms with Gasteiger partial charge in [-0.15, -0.1) is 0 Å². The number of aromatic nitrogens is 1. The number of cyclic esters (lactones) is 1. The predicted molar refractivity (Wildman–Crippen MR) is 62.1 cm³/mol. The molecule has 3 amide bonds. The van der Waals surface area contributed by atoms with Crippen molar-refractivity contribution >= 4 is 17.9 Å². The summed E-state index contributed by atoms with van der Waals surface area (Å²) < 4.78 is 4.64. The summed E-state index contributed by atoms with van der Waals surface area (Å²) in [6.07, 6.45) is 2.46. The maximum atomic E-state index is 12.0. The molecule has 0 unspecified atom stereocenters. The second-order valence-corrected chi connectivity index (χ2v) is 4.42. The summed E-state index contributed by atoms with van der Waals surface area (Å²) in [7, 11) is 0. The first-order chi connectivity index (χ1) is 9.16. The van der Waals surface area contributed by atoms with E-state index < -0.39 is 6.09 Å². The van der Waals surface area contributed by atoms with Crippen molar-refractivity contribution in [2.45, 2.75) is 6.04 Å². The van der Waals surface area contributed by atoms with Crippen LogP contribution in [0.4, 0.5) is 4.79 Å². The van der Waals surface area contributed by atoms with Crippen LogP contribution >= 0.6 is 0 Å². The molecule has 7 heteroatoms. The van der Waals surface area contributed by atoms with Gasteiger partial charge >= 0.3 is 6.09 Å². The Morgan fingerprint density at radius 2 is 2.16 bits per heavy atom. The number of carbonyl (C=O) groups is 3. The van der Waals surface area contributed by atoms with E-state index in [0.717, 1.165) is 4.90 Å². The lowest BCUT2D eigenvalue weighted by molar-refractivity contribution is -0.129. The van der Waals surface area contributed by atoms with Gasteiger partial charge in [0.2, 0.25) is 0 Å². The maximum Gasteiger partial charge on any atom is 0.417 e. The summed E-state index contributed by atoms with van der Waals surface area (Å²) in [4.78, 5) is 41.3. The van der Waals surface area contributed by atoms with Crippen molar-refractivity contribution in [1.29, 1.82) is 0 Å². The van der Waals surface area contributed by atoms with Gasteiger partial charge in [0.1, 0.15) is 0 Å². The van der Waals surface area contributed by atoms with Crippen LogP contribution < -0.4 is 0 Å². The monoisotopic (exact) mass is 261 g/mol. The highest BCUT2D eigenvalue weighted by Crippen LogP contribution is 2.21. The largest absolute Gasteiger partial charge is 0.439 e. The standard InChI is InChI=1S/C12H11N3O4/c16-10-7-19-12(18)15(10)9-5-14(6-9)11(17)8-2-1-3-13-4-8/h1-4,9H,5-7H2. The highest BCUT2D eigenvalue weighted by molar-refractivity contribution is 5.99. The predicted octanol–water partition coefficient (Wildman–Crippen LogP) is -0.115. The molecule has 2 fully saturated rings. The number of likely N-dealkylation sites (tertiary alicyclic amines) is 1. The van der Waals surface area contributed by atoms with Gasteiger partial charge in [-0.05, 0) is 12.1 Å². The number of amides is 3. The molecule has 0 spiro atoms. The first-order valence-corrected chi connectivity index (χ1v) is 5.85. The maximum absolute atomic E-state index is 12.0. The van der Waals surface area contributed by atoms with Gasteiger partial charge in [0, 0.05) is 25.5 Å². The summed E-state index contributed by atoms with van der Waals surface area (Å²) >= 11 is 0. The molecule has 98 valence electrons. The topological polar surface area (TPSA) is 79.8 Å². The van der Waals surface area contributed by atoms with Crippen LogP contribution in [0.25, 0.3) is 0 Å². The van der Waals surface area contributed by atoms with E-state index in [4.69, 9.17) is 0 Å². The van der Waals surface area contributed by atoms with Crippen molar-refractivity contribution in [2.75, 3.05) is 19.7 Å². The lowest BCUT2D eigenvalue weighted by Gasteiger charge is -2.41. The van der Waals surface area contributed by atoms with Gasteiger partial charge in [-0.25, -0.2) is 9.69 Å². The molecular weight excluding hydrogens is 250 g/mol. The normalized spacial score (nSPS) is 19.4. The Hall–Kier alpha value is -2.44. The molecule has 0 N–H and O–H groups in total. The van der Waals surface area contributed by atoms with Gasteiger partial charge in [0.15, 0.2) is 6.61 Å². The lowest BCUT2D eigenvalue weighted by Crippen LogP contribution is -2.62. The van der Waals surface area contributed by atoms with Crippen LogP contribution in [0.2, 0.25) is 0 Å². The van der Waals surface area contributed by atoms with Crippen LogP contribution in [0, 0.1) is 0 Å². The first kappa shape index (κ1) is 11.6. The molecule has 0 radical (unpaired) electrons. The average molecular weight is 261 g/mol. The molecule has 0 aliphatic carbocycles. The van der Waals surface area contributed by atoms with Gasteiger partial charge in [-0.2, -0.15) is 0 Å². The van der Waals surface area contributed by atoms with Crippen LogP contribution in [-0.4, -0.2) is 58.4 Å². The number of ether oxygens (including phenoxy) is 1. The molecule has 0 saturated carbocycles. The summed E-state index contributed by atoms with van der Waals surface area (Å²) in [5.74, 6) is -0.493. The highest BCUT2D eigenvalue weighted by Gasteiger charge is 2.44. The molecule has 0 bridgehead atoms. The number of imide groups is 1. The van der Waals surface area contributed by atoms with E-state index in [1.807, 2.05) is 0 Å². The number of rotatable bonds is 2. The highest BCUT2D eigenvalue weighted by atomic mass is 16.6. The van der Waals surface area contributed by atoms with Crippen molar-refractivity contribution in [2.24, 2.45) is 0 Å². The van der Waals surface area contributed by atoms with Crippen molar-refractivity contribution in [3.05, 3.63) is 30.1 Å². The fourth-order valence-electron chi connectivity index (χ4n) is 2.17. The Morgan fingerprint density at radius 1 is 1.37 bits per heavy atom. The smallest absolute Gasteiger partial charge is 0.417 e. The van der Waals surface area contributed by atoms with E-state index in [2.05, 4.69) is 9.72 Å². The summed E-state index contributed by atoms with van der Waals surface area (Å²) in [5.41, 5.74) is 0.497. The molecule has 0 atom stereocenters. The fourth-order valence-corrected chi connectivity index (χ4v) is 2.17. The second kappa shape index (κ2) is 4.34. The molecule has 2 aliphatic heterocycles. The van der Waals surface area contributed by atoms with Crippen LogP contribution in [0.1, 0.15) is 10.4 Å². The third-order valence-electron chi connectivity index (χ3n) is 3.21. The molecule has 2 saturated heterocycles. The Kier molecular flexibility index (Phi) is 2.66. The van der Waals surface area contributed by atoms with E-state index in [1.54, 1.807) is 23.2 Å². The zero-order chi connectivity index (χ0) is 13.4. The van der Waals surface area contributed by atoms with E-state index in [1.165, 1.54) is 6.20 Å². The first-order valence-electron chi connectivity index (χ1n) is 5.85. The van der Waals surface area contributed by atoms with E-state index in [-0.39, 0.29) is 24.5 Å². The van der Waals surface area contributed by atoms with Crippen LogP contribution in [0.5, 0.6) is 0 Å². The molecule has 19 heavy (non-hydrogen) atoms. The second-order valence-electron chi connectivity index (χ2n) is 4.42. The van der Waals surface area contributed by atoms with Gasteiger partial charge in [0.05, 0.1) is 11.6 Å². The fraction of sp³-hybridized carbons (Fsp3) is 0.333. The SMILES string of the molecule is O=C(c1cccnc1)N1CC(N2C(=O)COC2=O)C1. The lowest BCUT2D eigenvalue weighted by atomic mass is 10.1. The van der Waals surface area contributed by atoms with Crippen molar-refractivity contribution in [1.82, 2.24) is 14.8 Å². The van der Waals surface area contributed by atoms with E-state index in [0.29, 0.717) is 18.7 Å². The molecule has 1 aromatic rings. The van der Waals surface area contributed by atoms with E-state index >= 15 is 0 Å². The van der Waals surface area contributed by atoms with Crippen molar-refractivity contribution < 1.29 is 19.1 Å². The molecule has 3 heterocycles. The Balaban J connectivity index is 1.63. The molecule has 2 aliphatic rings. The van der Waals surface area contributed by atoms with Gasteiger partial charge in [0.25, 0.3) is 11.8 Å². The summed E-state index contributed by atoms with van der Waals surface area (Å²) in [6.45, 7) is 0.481. The number of pyridine rings is 1. The van der Waals surface area contributed by atoms with Crippen LogP contribution in [0.15, 0.2) is 24.5 Å². The quantitative estimate of drug-likeness (QED) is 0.741. The third kappa shape index (κ3) is 1.92. The molecule has 0 aromatic carbocycles. The zero-order valence-electron chi connectivity index (χ0n) is 9.98. The number of nitrogens with zero attached hydrogens (tertiary/aromatic N) is 3. The van der Waals surface area contributed by atoms with Crippen LogP contribution in [-0.2, 0) is 9.53 Å². The molecule has 3 rings (SSSR count). The van der Waals surface area contributed by atoms with Crippen molar-refractivity contribution in [3.8, 4) is 0 Å². The Morgan fingerprint density at radius 3 is 2.74 bits per heavy atom. The number of hydrogen-bond donors (Lipinski definition) is 0. The Labute approximate surface area is 108 Å². The molecule has 7 nitrogen and oxygen atoms in total. The number of carbonyl (C=O) groups excluding carboxylic acids is 3. The average Bonchev–Trinajstić information content (AvgIpc) is 2.70. The van der Waals surface area contributed by atoms with Gasteiger partial charge in [-0.3, -0.25) is 14.6 Å². The summed E-state index contributed by atoms with van der Waals surface area (Å²) in [6, 6.07) is 3.09. The molecule has 1 aromatic heterocycles. The Bertz CT molecular complexity index is 523. The number of hydrogen-bond acceptors (Lipinski definition) is 5. The minimum Gasteiger partial charge on any atom is -0.439 e. The van der Waals surface area contributed by atoms with Gasteiger partial charge in [-0.1, -0.05) is 0 Å². The van der Waals surface area contributed by atoms with Crippen molar-refractivity contribution in [3.63, 3.8) is 0 Å².